The quantitative estimate of drug-likeness (QED) is 0.0512. The highest BCUT2D eigenvalue weighted by atomic mass is 32.2. The van der Waals surface area contributed by atoms with E-state index in [0.29, 0.717) is 0 Å². The fraction of sp³-hybridized carbons (Fsp3) is 0.692. The molecule has 25 nitrogen and oxygen atoms in total. The van der Waals surface area contributed by atoms with Crippen molar-refractivity contribution in [2.45, 2.75) is 70.8 Å². The first-order valence-corrected chi connectivity index (χ1v) is 21.7. The number of thioether (sulfide) groups is 1. The standard InChI is InChI=1S/C26H45N8O17P3S/c1-13(2)16(27)25(39)55-8-7-29-15(35)5-6-30-23(38)20(37)26(3,4)10-48-54(45,46)51-53(43,44)47-9-14-19(50-52(40,41)42)18(36)24(49-14)34-12-33-17-21(28)31-11-32-22(17)34/h11-14,16,18-20,24,36-37H,5-10,27H2,1-4H3,(H,29,35)(H,30,38)(H,43,44)(H,45,46)(H2,28,31,32)(H2,40,41,42)/t14-,16+,18-,19-,20+,24-/m1/s1. The SMILES string of the molecule is CC(C)[C@H](N)C(=O)SCCNC(=O)CCNC(=O)[C@H](O)C(C)(C)COP(=O)(O)OP(=O)(O)OC[C@H]1O[C@@H](n2cnc3c(N)ncnc32)[C@H](O)[C@@H]1OP(=O)(O)O. The number of nitrogens with two attached hydrogens (primary N) is 2. The van der Waals surface area contributed by atoms with Crippen molar-refractivity contribution in [3.05, 3.63) is 12.7 Å². The Labute approximate surface area is 317 Å². The fourth-order valence-corrected chi connectivity index (χ4v) is 8.35. The predicted octanol–water partition coefficient (Wildman–Crippen LogP) is -1.35. The average molecular weight is 867 g/mol. The van der Waals surface area contributed by atoms with Gasteiger partial charge in [0.25, 0.3) is 0 Å². The lowest BCUT2D eigenvalue weighted by atomic mass is 9.87. The van der Waals surface area contributed by atoms with Crippen molar-refractivity contribution in [1.82, 2.24) is 30.2 Å². The minimum atomic E-state index is -5.57. The lowest BCUT2D eigenvalue weighted by Gasteiger charge is -2.30. The number of ether oxygens (including phenoxy) is 1. The van der Waals surface area contributed by atoms with Gasteiger partial charge in [-0.05, 0) is 5.92 Å². The van der Waals surface area contributed by atoms with E-state index in [1.165, 1.54) is 13.8 Å². The predicted molar refractivity (Wildman–Crippen MR) is 190 cm³/mol. The van der Waals surface area contributed by atoms with Crippen molar-refractivity contribution in [3.8, 4) is 0 Å². The zero-order chi connectivity index (χ0) is 41.5. The van der Waals surface area contributed by atoms with E-state index in [4.69, 9.17) is 25.3 Å². The molecule has 2 unspecified atom stereocenters. The van der Waals surface area contributed by atoms with Crippen LogP contribution in [-0.2, 0) is 50.7 Å². The third-order valence-corrected chi connectivity index (χ3v) is 11.8. The first-order chi connectivity index (χ1) is 25.3. The molecule has 312 valence electrons. The molecule has 1 fully saturated rings. The van der Waals surface area contributed by atoms with Gasteiger partial charge in [-0.2, -0.15) is 4.31 Å². The van der Waals surface area contributed by atoms with Gasteiger partial charge >= 0.3 is 23.5 Å². The van der Waals surface area contributed by atoms with Crippen LogP contribution in [0.25, 0.3) is 11.2 Å². The highest BCUT2D eigenvalue weighted by Crippen LogP contribution is 2.61. The number of anilines is 1. The third kappa shape index (κ3) is 13.8. The average Bonchev–Trinajstić information content (AvgIpc) is 3.64. The first-order valence-electron chi connectivity index (χ1n) is 16.2. The molecule has 0 aromatic carbocycles. The molecule has 3 rings (SSSR count). The summed E-state index contributed by atoms with van der Waals surface area (Å²) in [6, 6.07) is -0.627. The molecule has 0 saturated carbocycles. The van der Waals surface area contributed by atoms with Crippen molar-refractivity contribution in [1.29, 1.82) is 0 Å². The molecule has 12 N–H and O–H groups in total. The Balaban J connectivity index is 1.50. The molecule has 0 bridgehead atoms. The van der Waals surface area contributed by atoms with Crippen LogP contribution in [0.2, 0.25) is 0 Å². The number of phosphoric ester groups is 3. The van der Waals surface area contributed by atoms with Crippen LogP contribution in [0.15, 0.2) is 12.7 Å². The van der Waals surface area contributed by atoms with Gasteiger partial charge < -0.3 is 56.6 Å². The van der Waals surface area contributed by atoms with Crippen LogP contribution in [0.5, 0.6) is 0 Å². The molecular formula is C26H45N8O17P3S. The number of imidazole rings is 1. The number of aliphatic hydroxyl groups excluding tert-OH is 2. The number of hydrogen-bond donors (Lipinski definition) is 10. The fourth-order valence-electron chi connectivity index (χ4n) is 4.65. The van der Waals surface area contributed by atoms with E-state index in [1.54, 1.807) is 0 Å². The largest absolute Gasteiger partial charge is 0.481 e. The lowest BCUT2D eigenvalue weighted by Crippen LogP contribution is -2.46. The van der Waals surface area contributed by atoms with Crippen LogP contribution in [0.3, 0.4) is 0 Å². The Kier molecular flexibility index (Phi) is 16.5. The summed E-state index contributed by atoms with van der Waals surface area (Å²) in [5.41, 5.74) is 10.0. The number of carbonyl (C=O) groups excluding carboxylic acids is 3. The van der Waals surface area contributed by atoms with Crippen molar-refractivity contribution in [2.75, 3.05) is 37.8 Å². The number of fused-ring (bicyclic) bond motifs is 1. The van der Waals surface area contributed by atoms with Gasteiger partial charge in [-0.15, -0.1) is 0 Å². The number of aromatic nitrogens is 4. The molecular weight excluding hydrogens is 821 g/mol. The van der Waals surface area contributed by atoms with Crippen LogP contribution in [0, 0.1) is 11.3 Å². The number of rotatable bonds is 21. The molecule has 2 amide bonds. The second-order valence-corrected chi connectivity index (χ2v) is 18.3. The third-order valence-electron chi connectivity index (χ3n) is 7.74. The van der Waals surface area contributed by atoms with Gasteiger partial charge in [-0.3, -0.25) is 32.5 Å². The van der Waals surface area contributed by atoms with E-state index in [9.17, 15) is 57.9 Å². The topological polar surface area (TPSA) is 390 Å². The molecule has 0 radical (unpaired) electrons. The zero-order valence-electron chi connectivity index (χ0n) is 29.8. The molecule has 1 aliphatic heterocycles. The maximum Gasteiger partial charge on any atom is 0.481 e. The molecule has 29 heteroatoms. The second kappa shape index (κ2) is 19.3. The van der Waals surface area contributed by atoms with Crippen LogP contribution in [0.4, 0.5) is 5.82 Å². The van der Waals surface area contributed by atoms with Crippen LogP contribution in [-0.4, -0.2) is 129 Å². The smallest absolute Gasteiger partial charge is 0.386 e. The van der Waals surface area contributed by atoms with E-state index in [0.717, 1.165) is 29.0 Å². The summed E-state index contributed by atoms with van der Waals surface area (Å²) < 4.78 is 62.0. The Morgan fingerprint density at radius 3 is 2.35 bits per heavy atom. The number of phosphoric acid groups is 3. The molecule has 0 aliphatic carbocycles. The monoisotopic (exact) mass is 866 g/mol. The Morgan fingerprint density at radius 2 is 1.71 bits per heavy atom. The van der Waals surface area contributed by atoms with Crippen molar-refractivity contribution in [2.24, 2.45) is 17.1 Å². The minimum Gasteiger partial charge on any atom is -0.386 e. The number of nitrogens with one attached hydrogen (secondary N) is 2. The number of carbonyl (C=O) groups is 3. The Hall–Kier alpha value is -2.48. The summed E-state index contributed by atoms with van der Waals surface area (Å²) in [5.74, 6) is -1.24. The van der Waals surface area contributed by atoms with Gasteiger partial charge in [0.1, 0.15) is 36.3 Å². The molecule has 55 heavy (non-hydrogen) atoms. The Morgan fingerprint density at radius 1 is 1.05 bits per heavy atom. The van der Waals surface area contributed by atoms with E-state index < -0.39 is 90.6 Å². The highest BCUT2D eigenvalue weighted by Gasteiger charge is 2.50. The molecule has 2 aromatic heterocycles. The van der Waals surface area contributed by atoms with Gasteiger partial charge in [-0.1, -0.05) is 39.5 Å². The van der Waals surface area contributed by atoms with Crippen LogP contribution in [0.1, 0.15) is 40.3 Å². The highest BCUT2D eigenvalue weighted by molar-refractivity contribution is 8.13. The molecule has 1 saturated heterocycles. The number of amides is 2. The molecule has 2 aromatic rings. The summed E-state index contributed by atoms with van der Waals surface area (Å²) >= 11 is 0.982. The summed E-state index contributed by atoms with van der Waals surface area (Å²) in [6.07, 6.45) is -6.95. The summed E-state index contributed by atoms with van der Waals surface area (Å²) in [4.78, 5) is 87.4. The number of aliphatic hydroxyl groups is 2. The van der Waals surface area contributed by atoms with E-state index >= 15 is 0 Å². The summed E-state index contributed by atoms with van der Waals surface area (Å²) in [7, 11) is -16.4. The maximum absolute atomic E-state index is 12.7. The maximum atomic E-state index is 12.7. The number of nitrogens with zero attached hydrogens (tertiary/aromatic N) is 4. The van der Waals surface area contributed by atoms with Gasteiger partial charge in [0.15, 0.2) is 17.7 Å². The number of nitrogen functional groups attached to an aromatic ring is 1. The van der Waals surface area contributed by atoms with E-state index in [1.807, 2.05) is 13.8 Å². The van der Waals surface area contributed by atoms with Gasteiger partial charge in [0.05, 0.1) is 25.6 Å². The van der Waals surface area contributed by atoms with Crippen molar-refractivity contribution < 1.29 is 80.5 Å². The minimum absolute atomic E-state index is 0.0282. The lowest BCUT2D eigenvalue weighted by molar-refractivity contribution is -0.137. The van der Waals surface area contributed by atoms with Crippen molar-refractivity contribution >= 4 is 69.1 Å². The molecule has 8 atom stereocenters. The van der Waals surface area contributed by atoms with Crippen LogP contribution < -0.4 is 22.1 Å². The summed E-state index contributed by atoms with van der Waals surface area (Å²) in [6.45, 7) is 4.03. The van der Waals surface area contributed by atoms with E-state index in [2.05, 4.69) is 34.4 Å². The zero-order valence-corrected chi connectivity index (χ0v) is 33.3. The molecule has 0 spiro atoms. The van der Waals surface area contributed by atoms with Gasteiger partial charge in [-0.25, -0.2) is 28.6 Å². The molecule has 3 heterocycles. The van der Waals surface area contributed by atoms with Crippen LogP contribution >= 0.6 is 35.2 Å². The number of hydrogen-bond acceptors (Lipinski definition) is 19. The normalized spacial score (nSPS) is 22.5. The second-order valence-electron chi connectivity index (χ2n) is 13.0. The van der Waals surface area contributed by atoms with Gasteiger partial charge in [0, 0.05) is 30.7 Å². The van der Waals surface area contributed by atoms with E-state index in [-0.39, 0.29) is 53.3 Å². The molecule has 1 aliphatic rings. The summed E-state index contributed by atoms with van der Waals surface area (Å²) in [5, 5.41) is 26.1. The van der Waals surface area contributed by atoms with Crippen molar-refractivity contribution in [3.63, 3.8) is 0 Å². The Bertz CT molecular complexity index is 1820. The van der Waals surface area contributed by atoms with Gasteiger partial charge in [0.2, 0.25) is 16.9 Å². The first kappa shape index (κ1) is 46.9.